The summed E-state index contributed by atoms with van der Waals surface area (Å²) in [4.78, 5) is 30.9. The van der Waals surface area contributed by atoms with Crippen LogP contribution in [0.15, 0.2) is 70.4 Å². The Morgan fingerprint density at radius 1 is 1.10 bits per heavy atom. The molecule has 0 bridgehead atoms. The Kier molecular flexibility index (Phi) is 6.66. The molecular weight excluding hydrogens is 417 g/mol. The van der Waals surface area contributed by atoms with Gasteiger partial charge in [-0.1, -0.05) is 30.0 Å². The summed E-state index contributed by atoms with van der Waals surface area (Å²) in [5.41, 5.74) is 1.51. The van der Waals surface area contributed by atoms with Gasteiger partial charge in [0.05, 0.1) is 11.9 Å². The molecule has 31 heavy (non-hydrogen) atoms. The van der Waals surface area contributed by atoms with E-state index in [9.17, 15) is 14.0 Å². The third kappa shape index (κ3) is 5.52. The first-order valence-electron chi connectivity index (χ1n) is 10.1. The highest BCUT2D eigenvalue weighted by molar-refractivity contribution is 7.99. The lowest BCUT2D eigenvalue weighted by molar-refractivity contribution is -0.132. The number of rotatable bonds is 6. The van der Waals surface area contributed by atoms with Crippen LogP contribution >= 0.6 is 11.8 Å². The van der Waals surface area contributed by atoms with Crippen molar-refractivity contribution in [1.29, 1.82) is 0 Å². The minimum atomic E-state index is -0.315. The number of hydrogen-bond acceptors (Lipinski definition) is 5. The molecule has 6 nitrogen and oxygen atoms in total. The van der Waals surface area contributed by atoms with Crippen LogP contribution in [-0.4, -0.2) is 40.5 Å². The van der Waals surface area contributed by atoms with E-state index < -0.39 is 0 Å². The topological polar surface area (TPSA) is 75.4 Å². The molecule has 2 amide bonds. The lowest BCUT2D eigenvalue weighted by Crippen LogP contribution is -2.42. The standard InChI is InChI=1S/C23H22FN3O3S/c24-18-8-6-16(7-9-18)20-14-25-23(30-20)31-15-21(28)27-12-10-17(11-13-27)22(29)26-19-4-2-1-3-5-19/h1-9,14,17H,10-13,15H2,(H,26,29). The number of para-hydroxylation sites is 1. The van der Waals surface area contributed by atoms with Crippen LogP contribution in [0.2, 0.25) is 0 Å². The fourth-order valence-corrected chi connectivity index (χ4v) is 4.15. The molecule has 8 heteroatoms. The number of likely N-dealkylation sites (tertiary alicyclic amines) is 1. The number of carbonyl (C=O) groups is 2. The molecule has 3 aromatic rings. The second-order valence-corrected chi connectivity index (χ2v) is 8.22. The van der Waals surface area contributed by atoms with E-state index in [-0.39, 0.29) is 29.3 Å². The van der Waals surface area contributed by atoms with Crippen molar-refractivity contribution < 1.29 is 18.4 Å². The highest BCUT2D eigenvalue weighted by atomic mass is 32.2. The van der Waals surface area contributed by atoms with E-state index in [1.54, 1.807) is 23.2 Å². The minimum Gasteiger partial charge on any atom is -0.431 e. The lowest BCUT2D eigenvalue weighted by atomic mass is 9.96. The highest BCUT2D eigenvalue weighted by Crippen LogP contribution is 2.26. The lowest BCUT2D eigenvalue weighted by Gasteiger charge is -2.31. The average Bonchev–Trinajstić information content (AvgIpc) is 3.28. The molecule has 1 aromatic heterocycles. The Balaban J connectivity index is 1.23. The van der Waals surface area contributed by atoms with Crippen molar-refractivity contribution >= 4 is 29.3 Å². The number of halogens is 1. The number of amides is 2. The molecule has 1 aliphatic heterocycles. The molecule has 0 saturated carbocycles. The van der Waals surface area contributed by atoms with Crippen LogP contribution in [0.5, 0.6) is 0 Å². The van der Waals surface area contributed by atoms with Gasteiger partial charge < -0.3 is 14.6 Å². The van der Waals surface area contributed by atoms with Gasteiger partial charge in [0, 0.05) is 30.3 Å². The molecule has 4 rings (SSSR count). The van der Waals surface area contributed by atoms with Crippen molar-refractivity contribution in [3.63, 3.8) is 0 Å². The summed E-state index contributed by atoms with van der Waals surface area (Å²) in [5, 5.41) is 3.33. The van der Waals surface area contributed by atoms with Crippen molar-refractivity contribution in [3.05, 3.63) is 66.6 Å². The van der Waals surface area contributed by atoms with E-state index in [1.165, 1.54) is 23.9 Å². The van der Waals surface area contributed by atoms with Crippen molar-refractivity contribution in [3.8, 4) is 11.3 Å². The summed E-state index contributed by atoms with van der Waals surface area (Å²) >= 11 is 1.23. The zero-order valence-electron chi connectivity index (χ0n) is 16.8. The number of aromatic nitrogens is 1. The molecule has 0 radical (unpaired) electrons. The number of benzene rings is 2. The van der Waals surface area contributed by atoms with Gasteiger partial charge in [-0.15, -0.1) is 0 Å². The van der Waals surface area contributed by atoms with E-state index in [4.69, 9.17) is 4.42 Å². The molecule has 0 unspecified atom stereocenters. The Bertz CT molecular complexity index is 1030. The molecule has 1 aliphatic rings. The van der Waals surface area contributed by atoms with Gasteiger partial charge in [-0.25, -0.2) is 9.37 Å². The Morgan fingerprint density at radius 2 is 1.81 bits per heavy atom. The van der Waals surface area contributed by atoms with Crippen LogP contribution in [0.25, 0.3) is 11.3 Å². The maximum atomic E-state index is 13.0. The zero-order valence-corrected chi connectivity index (χ0v) is 17.6. The molecule has 2 aromatic carbocycles. The van der Waals surface area contributed by atoms with Gasteiger partial charge in [0.15, 0.2) is 5.76 Å². The van der Waals surface area contributed by atoms with E-state index in [2.05, 4.69) is 10.3 Å². The van der Waals surface area contributed by atoms with E-state index in [1.807, 2.05) is 30.3 Å². The van der Waals surface area contributed by atoms with E-state index in [0.29, 0.717) is 36.9 Å². The molecule has 2 heterocycles. The van der Waals surface area contributed by atoms with Gasteiger partial charge >= 0.3 is 0 Å². The van der Waals surface area contributed by atoms with Gasteiger partial charge in [-0.05, 0) is 49.2 Å². The van der Waals surface area contributed by atoms with Crippen LogP contribution in [0.3, 0.4) is 0 Å². The largest absolute Gasteiger partial charge is 0.431 e. The molecule has 160 valence electrons. The summed E-state index contributed by atoms with van der Waals surface area (Å²) in [6.45, 7) is 1.11. The summed E-state index contributed by atoms with van der Waals surface area (Å²) in [6.07, 6.45) is 2.85. The van der Waals surface area contributed by atoms with Crippen molar-refractivity contribution in [2.24, 2.45) is 5.92 Å². The molecule has 0 aliphatic carbocycles. The normalized spacial score (nSPS) is 14.4. The molecule has 1 fully saturated rings. The summed E-state index contributed by atoms with van der Waals surface area (Å²) in [6, 6.07) is 15.3. The first-order valence-corrected chi connectivity index (χ1v) is 11.1. The number of nitrogens with one attached hydrogen (secondary N) is 1. The Morgan fingerprint density at radius 3 is 2.52 bits per heavy atom. The fraction of sp³-hybridized carbons (Fsp3) is 0.261. The maximum absolute atomic E-state index is 13.0. The second kappa shape index (κ2) is 9.78. The number of thioether (sulfide) groups is 1. The van der Waals surface area contributed by atoms with Gasteiger partial charge in [0.25, 0.3) is 5.22 Å². The monoisotopic (exact) mass is 439 g/mol. The SMILES string of the molecule is O=C(Nc1ccccc1)C1CCN(C(=O)CSc2ncc(-c3ccc(F)cc3)o2)CC1. The number of anilines is 1. The molecule has 0 atom stereocenters. The van der Waals surface area contributed by atoms with Crippen LogP contribution in [-0.2, 0) is 9.59 Å². The van der Waals surface area contributed by atoms with Crippen molar-refractivity contribution in [2.75, 3.05) is 24.2 Å². The first-order chi connectivity index (χ1) is 15.1. The van der Waals surface area contributed by atoms with Crippen molar-refractivity contribution in [2.45, 2.75) is 18.1 Å². The maximum Gasteiger partial charge on any atom is 0.256 e. The number of piperidine rings is 1. The fourth-order valence-electron chi connectivity index (χ4n) is 3.44. The highest BCUT2D eigenvalue weighted by Gasteiger charge is 2.27. The summed E-state index contributed by atoms with van der Waals surface area (Å²) < 4.78 is 18.7. The number of oxazole rings is 1. The van der Waals surface area contributed by atoms with E-state index >= 15 is 0 Å². The molecule has 0 spiro atoms. The van der Waals surface area contributed by atoms with Gasteiger partial charge in [0.2, 0.25) is 11.8 Å². The van der Waals surface area contributed by atoms with Crippen LogP contribution in [0.1, 0.15) is 12.8 Å². The van der Waals surface area contributed by atoms with Crippen molar-refractivity contribution in [1.82, 2.24) is 9.88 Å². The smallest absolute Gasteiger partial charge is 0.256 e. The van der Waals surface area contributed by atoms with Gasteiger partial charge in [0.1, 0.15) is 5.82 Å². The predicted octanol–water partition coefficient (Wildman–Crippen LogP) is 4.45. The molecular formula is C23H22FN3O3S. The Hall–Kier alpha value is -3.13. The van der Waals surface area contributed by atoms with Gasteiger partial charge in [-0.3, -0.25) is 9.59 Å². The third-order valence-corrected chi connectivity index (χ3v) is 6.02. The van der Waals surface area contributed by atoms with Crippen LogP contribution in [0.4, 0.5) is 10.1 Å². The number of nitrogens with zero attached hydrogens (tertiary/aromatic N) is 2. The molecule has 1 saturated heterocycles. The minimum absolute atomic E-state index is 0.000724. The first kappa shape index (κ1) is 21.1. The average molecular weight is 440 g/mol. The predicted molar refractivity (Wildman–Crippen MR) is 117 cm³/mol. The number of hydrogen-bond donors (Lipinski definition) is 1. The number of carbonyl (C=O) groups excluding carboxylic acids is 2. The summed E-state index contributed by atoms with van der Waals surface area (Å²) in [7, 11) is 0. The quantitative estimate of drug-likeness (QED) is 0.575. The second-order valence-electron chi connectivity index (χ2n) is 7.30. The third-order valence-electron chi connectivity index (χ3n) is 5.19. The summed E-state index contributed by atoms with van der Waals surface area (Å²) in [5.74, 6) is 0.325. The van der Waals surface area contributed by atoms with Gasteiger partial charge in [-0.2, -0.15) is 0 Å². The van der Waals surface area contributed by atoms with Crippen LogP contribution in [0, 0.1) is 11.7 Å². The van der Waals surface area contributed by atoms with E-state index in [0.717, 1.165) is 11.3 Å². The Labute approximate surface area is 183 Å². The molecule has 1 N–H and O–H groups in total. The van der Waals surface area contributed by atoms with Crippen LogP contribution < -0.4 is 5.32 Å². The zero-order chi connectivity index (χ0) is 21.6.